The summed E-state index contributed by atoms with van der Waals surface area (Å²) in [5, 5.41) is 11.9. The van der Waals surface area contributed by atoms with Crippen molar-refractivity contribution < 1.29 is 19.4 Å². The molecule has 2 aromatic carbocycles. The zero-order chi connectivity index (χ0) is 22.0. The van der Waals surface area contributed by atoms with Gasteiger partial charge in [-0.3, -0.25) is 4.79 Å². The van der Waals surface area contributed by atoms with Gasteiger partial charge in [0.15, 0.2) is 0 Å². The molecule has 1 aliphatic carbocycles. The molecule has 3 aromatic rings. The summed E-state index contributed by atoms with van der Waals surface area (Å²) in [4.78, 5) is 35.5. The number of hydrogen-bond acceptors (Lipinski definition) is 4. The smallest absolute Gasteiger partial charge is 0.407 e. The predicted molar refractivity (Wildman–Crippen MR) is 115 cm³/mol. The van der Waals surface area contributed by atoms with Crippen LogP contribution in [0.1, 0.15) is 22.6 Å². The van der Waals surface area contributed by atoms with E-state index in [0.29, 0.717) is 5.56 Å². The molecular weight excluding hydrogens is 396 g/mol. The van der Waals surface area contributed by atoms with Gasteiger partial charge in [-0.2, -0.15) is 0 Å². The Labute approximate surface area is 178 Å². The van der Waals surface area contributed by atoms with Crippen LogP contribution in [0.3, 0.4) is 0 Å². The Morgan fingerprint density at radius 3 is 2.23 bits per heavy atom. The predicted octanol–water partition coefficient (Wildman–Crippen LogP) is 2.92. The highest BCUT2D eigenvalue weighted by Crippen LogP contribution is 2.44. The molecule has 0 aliphatic heterocycles. The zero-order valence-electron chi connectivity index (χ0n) is 16.9. The van der Waals surface area contributed by atoms with E-state index in [1.54, 1.807) is 19.3 Å². The minimum absolute atomic E-state index is 0.0354. The van der Waals surface area contributed by atoms with Crippen molar-refractivity contribution in [2.24, 2.45) is 7.05 Å². The molecule has 1 aromatic heterocycles. The number of nitrogens with zero attached hydrogens (tertiary/aromatic N) is 1. The van der Waals surface area contributed by atoms with Crippen molar-refractivity contribution in [3.8, 4) is 11.1 Å². The maximum Gasteiger partial charge on any atom is 0.407 e. The number of carboxylic acid groups (broad SMARTS) is 1. The number of aliphatic carboxylic acids is 1. The minimum Gasteiger partial charge on any atom is -0.480 e. The zero-order valence-corrected chi connectivity index (χ0v) is 16.9. The molecular formula is C24H22N2O5. The quantitative estimate of drug-likeness (QED) is 0.642. The summed E-state index contributed by atoms with van der Waals surface area (Å²) in [6.07, 6.45) is 0.796. The third kappa shape index (κ3) is 4.21. The summed E-state index contributed by atoms with van der Waals surface area (Å²) in [7, 11) is 1.58. The Hall–Kier alpha value is -3.87. The number of benzene rings is 2. The number of alkyl carbamates (subject to hydrolysis) is 1. The number of nitrogens with one attached hydrogen (secondary N) is 1. The number of aryl methyl sites for hydroxylation is 1. The molecule has 0 saturated carbocycles. The molecule has 1 unspecified atom stereocenters. The fourth-order valence-electron chi connectivity index (χ4n) is 3.99. The van der Waals surface area contributed by atoms with Gasteiger partial charge in [-0.15, -0.1) is 0 Å². The molecule has 0 fully saturated rings. The van der Waals surface area contributed by atoms with Gasteiger partial charge in [0.25, 0.3) is 0 Å². The molecule has 2 N–H and O–H groups in total. The van der Waals surface area contributed by atoms with Crippen molar-refractivity contribution in [1.29, 1.82) is 0 Å². The number of fused-ring (bicyclic) bond motifs is 3. The van der Waals surface area contributed by atoms with Gasteiger partial charge in [-0.25, -0.2) is 9.59 Å². The number of carbonyl (C=O) groups is 2. The molecule has 1 aliphatic rings. The Bertz CT molecular complexity index is 1150. The van der Waals surface area contributed by atoms with Gasteiger partial charge < -0.3 is 19.7 Å². The van der Waals surface area contributed by atoms with Gasteiger partial charge in [-0.05, 0) is 27.8 Å². The molecule has 4 rings (SSSR count). The second-order valence-electron chi connectivity index (χ2n) is 7.55. The summed E-state index contributed by atoms with van der Waals surface area (Å²) in [6.45, 7) is 0.103. The van der Waals surface area contributed by atoms with E-state index in [0.717, 1.165) is 22.3 Å². The number of ether oxygens (including phenoxy) is 1. The number of rotatable bonds is 6. The Morgan fingerprint density at radius 1 is 1.03 bits per heavy atom. The van der Waals surface area contributed by atoms with Crippen molar-refractivity contribution in [3.63, 3.8) is 0 Å². The van der Waals surface area contributed by atoms with E-state index >= 15 is 0 Å². The van der Waals surface area contributed by atoms with E-state index in [1.165, 1.54) is 10.6 Å². The van der Waals surface area contributed by atoms with Crippen molar-refractivity contribution in [1.82, 2.24) is 9.88 Å². The third-order valence-electron chi connectivity index (χ3n) is 5.52. The lowest BCUT2D eigenvalue weighted by Crippen LogP contribution is -2.43. The summed E-state index contributed by atoms with van der Waals surface area (Å²) in [5.74, 6) is -1.28. The van der Waals surface area contributed by atoms with Crippen molar-refractivity contribution >= 4 is 12.1 Å². The molecule has 0 radical (unpaired) electrons. The number of pyridine rings is 1. The van der Waals surface area contributed by atoms with E-state index in [2.05, 4.69) is 5.32 Å². The number of carboxylic acids is 1. The topological polar surface area (TPSA) is 97.6 Å². The highest BCUT2D eigenvalue weighted by atomic mass is 16.5. The molecule has 1 atom stereocenters. The first-order chi connectivity index (χ1) is 14.9. The molecule has 158 valence electrons. The van der Waals surface area contributed by atoms with Gasteiger partial charge >= 0.3 is 12.1 Å². The fraction of sp³-hybridized carbons (Fsp3) is 0.208. The summed E-state index contributed by atoms with van der Waals surface area (Å²) < 4.78 is 6.79. The average Bonchev–Trinajstić information content (AvgIpc) is 3.08. The summed E-state index contributed by atoms with van der Waals surface area (Å²) >= 11 is 0. The second-order valence-corrected chi connectivity index (χ2v) is 7.55. The van der Waals surface area contributed by atoms with E-state index in [4.69, 9.17) is 4.74 Å². The van der Waals surface area contributed by atoms with Gasteiger partial charge in [-0.1, -0.05) is 54.6 Å². The maximum atomic E-state index is 12.4. The van der Waals surface area contributed by atoms with E-state index in [9.17, 15) is 19.5 Å². The maximum absolute atomic E-state index is 12.4. The minimum atomic E-state index is -1.18. The number of carbonyl (C=O) groups excluding carboxylic acids is 1. The molecule has 0 spiro atoms. The van der Waals surface area contributed by atoms with Crippen LogP contribution < -0.4 is 10.9 Å². The van der Waals surface area contributed by atoms with Crippen LogP contribution in [0.2, 0.25) is 0 Å². The number of aromatic nitrogens is 1. The van der Waals surface area contributed by atoms with Crippen molar-refractivity contribution in [3.05, 3.63) is 93.9 Å². The molecule has 7 heteroatoms. The fourth-order valence-corrected chi connectivity index (χ4v) is 3.99. The van der Waals surface area contributed by atoms with Crippen LogP contribution in [0, 0.1) is 0 Å². The van der Waals surface area contributed by atoms with Crippen LogP contribution in [0.4, 0.5) is 4.79 Å². The number of hydrogen-bond donors (Lipinski definition) is 2. The monoisotopic (exact) mass is 418 g/mol. The van der Waals surface area contributed by atoms with Crippen molar-refractivity contribution in [2.45, 2.75) is 18.4 Å². The Balaban J connectivity index is 1.44. The van der Waals surface area contributed by atoms with Gasteiger partial charge in [0, 0.05) is 31.6 Å². The molecule has 1 heterocycles. The third-order valence-corrected chi connectivity index (χ3v) is 5.52. The van der Waals surface area contributed by atoms with Gasteiger partial charge in [0.1, 0.15) is 12.6 Å². The lowest BCUT2D eigenvalue weighted by atomic mass is 9.98. The van der Waals surface area contributed by atoms with E-state index in [1.807, 2.05) is 48.5 Å². The molecule has 1 amide bonds. The van der Waals surface area contributed by atoms with E-state index < -0.39 is 18.1 Å². The summed E-state index contributed by atoms with van der Waals surface area (Å²) in [5.41, 5.74) is 4.82. The van der Waals surface area contributed by atoms with Crippen LogP contribution >= 0.6 is 0 Å². The highest BCUT2D eigenvalue weighted by molar-refractivity contribution is 5.81. The lowest BCUT2D eigenvalue weighted by Gasteiger charge is -2.17. The Morgan fingerprint density at radius 2 is 1.65 bits per heavy atom. The SMILES string of the molecule is Cn1cc(CC(NC(=O)OCC2c3ccccc3-c3ccccc32)C(=O)O)ccc1=O. The highest BCUT2D eigenvalue weighted by Gasteiger charge is 2.29. The largest absolute Gasteiger partial charge is 0.480 e. The van der Waals surface area contributed by atoms with Crippen LogP contribution in [0.15, 0.2) is 71.7 Å². The lowest BCUT2D eigenvalue weighted by molar-refractivity contribution is -0.139. The normalized spacial score (nSPS) is 13.2. The first-order valence-electron chi connectivity index (χ1n) is 9.94. The van der Waals surface area contributed by atoms with Gasteiger partial charge in [0.05, 0.1) is 0 Å². The van der Waals surface area contributed by atoms with Crippen LogP contribution in [0.5, 0.6) is 0 Å². The second kappa shape index (κ2) is 8.47. The molecule has 0 saturated heterocycles. The van der Waals surface area contributed by atoms with Gasteiger partial charge in [0.2, 0.25) is 5.56 Å². The van der Waals surface area contributed by atoms with Crippen LogP contribution in [0.25, 0.3) is 11.1 Å². The molecule has 31 heavy (non-hydrogen) atoms. The Kier molecular flexibility index (Phi) is 5.58. The summed E-state index contributed by atoms with van der Waals surface area (Å²) in [6, 6.07) is 17.7. The molecule has 7 nitrogen and oxygen atoms in total. The van der Waals surface area contributed by atoms with Crippen molar-refractivity contribution in [2.75, 3.05) is 6.61 Å². The molecule has 0 bridgehead atoms. The number of amides is 1. The first kappa shape index (κ1) is 20.4. The van der Waals surface area contributed by atoms with E-state index in [-0.39, 0.29) is 24.5 Å². The first-order valence-corrected chi connectivity index (χ1v) is 9.94. The standard InChI is InChI=1S/C24H22N2O5/c1-26-13-15(10-11-22(26)27)12-21(23(28)29)25-24(30)31-14-20-18-8-4-2-6-16(18)17-7-3-5-9-19(17)20/h2-11,13,20-21H,12,14H2,1H3,(H,25,30)(H,28,29). The van der Waals surface area contributed by atoms with Crippen LogP contribution in [-0.2, 0) is 23.0 Å². The average molecular weight is 418 g/mol. The van der Waals surface area contributed by atoms with Crippen LogP contribution in [-0.4, -0.2) is 34.4 Å².